The highest BCUT2D eigenvalue weighted by Gasteiger charge is 2.21. The Bertz CT molecular complexity index is 235. The van der Waals surface area contributed by atoms with Crippen molar-refractivity contribution < 1.29 is 8.42 Å². The molecule has 0 atom stereocenters. The van der Waals surface area contributed by atoms with Crippen molar-refractivity contribution in [1.82, 2.24) is 9.21 Å². The summed E-state index contributed by atoms with van der Waals surface area (Å²) in [6.07, 6.45) is 0. The molecular weight excluding hydrogens is 188 g/mol. The minimum Gasteiger partial charge on any atom is -0.308 e. The monoisotopic (exact) mass is 208 g/mol. The summed E-state index contributed by atoms with van der Waals surface area (Å²) < 4.78 is 24.5. The van der Waals surface area contributed by atoms with Crippen molar-refractivity contribution in [1.29, 1.82) is 0 Å². The lowest BCUT2D eigenvalue weighted by molar-refractivity contribution is 0.357. The molecule has 0 bridgehead atoms. The van der Waals surface area contributed by atoms with Gasteiger partial charge in [-0.05, 0) is 27.9 Å². The molecule has 0 aliphatic rings. The number of hydrogen-bond donors (Lipinski definition) is 0. The molecule has 0 N–H and O–H groups in total. The van der Waals surface area contributed by atoms with Gasteiger partial charge >= 0.3 is 0 Å². The Morgan fingerprint density at radius 1 is 1.08 bits per heavy atom. The molecule has 0 amide bonds. The Balaban J connectivity index is 4.19. The lowest BCUT2D eigenvalue weighted by Gasteiger charge is -2.21. The van der Waals surface area contributed by atoms with E-state index in [1.807, 2.05) is 19.0 Å². The smallest absolute Gasteiger partial charge is 0.216 e. The molecule has 0 spiro atoms. The second kappa shape index (κ2) is 4.93. The van der Waals surface area contributed by atoms with Crippen LogP contribution in [0.15, 0.2) is 0 Å². The van der Waals surface area contributed by atoms with E-state index in [1.165, 1.54) is 4.31 Å². The Labute approximate surface area is 81.6 Å². The molecule has 0 aliphatic heterocycles. The highest BCUT2D eigenvalue weighted by molar-refractivity contribution is 7.89. The highest BCUT2D eigenvalue weighted by Crippen LogP contribution is 2.04. The van der Waals surface area contributed by atoms with Gasteiger partial charge in [0.25, 0.3) is 0 Å². The molecule has 0 aromatic heterocycles. The van der Waals surface area contributed by atoms with Gasteiger partial charge in [0.1, 0.15) is 0 Å². The first kappa shape index (κ1) is 12.9. The average Bonchev–Trinajstić information content (AvgIpc) is 1.99. The zero-order valence-corrected chi connectivity index (χ0v) is 9.93. The molecule has 80 valence electrons. The van der Waals surface area contributed by atoms with Crippen LogP contribution in [0.4, 0.5) is 0 Å². The standard InChI is InChI=1S/C8H20N2O2S/c1-8(2)13(11,12)10(5)7-6-9(3)4/h8H,6-7H2,1-5H3. The minimum atomic E-state index is -3.07. The van der Waals surface area contributed by atoms with Crippen molar-refractivity contribution in [3.63, 3.8) is 0 Å². The molecule has 0 aromatic carbocycles. The van der Waals surface area contributed by atoms with Crippen LogP contribution in [0, 0.1) is 0 Å². The summed E-state index contributed by atoms with van der Waals surface area (Å²) in [4.78, 5) is 1.96. The Hall–Kier alpha value is -0.130. The number of likely N-dealkylation sites (N-methyl/N-ethyl adjacent to an activating group) is 2. The van der Waals surface area contributed by atoms with Gasteiger partial charge < -0.3 is 4.90 Å². The first-order valence-corrected chi connectivity index (χ1v) is 5.88. The highest BCUT2D eigenvalue weighted by atomic mass is 32.2. The number of nitrogens with zero attached hydrogens (tertiary/aromatic N) is 2. The van der Waals surface area contributed by atoms with Crippen LogP contribution in [0.25, 0.3) is 0 Å². The van der Waals surface area contributed by atoms with Gasteiger partial charge in [-0.25, -0.2) is 12.7 Å². The maximum atomic E-state index is 11.6. The largest absolute Gasteiger partial charge is 0.308 e. The predicted octanol–water partition coefficient (Wildman–Crippen LogP) is 0.218. The quantitative estimate of drug-likeness (QED) is 0.649. The summed E-state index contributed by atoms with van der Waals surface area (Å²) in [6.45, 7) is 4.69. The molecule has 0 aromatic rings. The van der Waals surface area contributed by atoms with Crippen molar-refractivity contribution in [3.05, 3.63) is 0 Å². The van der Waals surface area contributed by atoms with Gasteiger partial charge in [0.05, 0.1) is 5.25 Å². The SMILES string of the molecule is CC(C)S(=O)(=O)N(C)CCN(C)C. The Kier molecular flexibility index (Phi) is 4.88. The van der Waals surface area contributed by atoms with E-state index >= 15 is 0 Å². The van der Waals surface area contributed by atoms with E-state index < -0.39 is 10.0 Å². The normalized spacial score (nSPS) is 13.2. The van der Waals surface area contributed by atoms with Crippen LogP contribution in [-0.4, -0.2) is 57.1 Å². The van der Waals surface area contributed by atoms with Gasteiger partial charge in [0, 0.05) is 20.1 Å². The molecule has 0 saturated heterocycles. The molecule has 0 aliphatic carbocycles. The van der Waals surface area contributed by atoms with Gasteiger partial charge in [-0.15, -0.1) is 0 Å². The Morgan fingerprint density at radius 3 is 1.85 bits per heavy atom. The van der Waals surface area contributed by atoms with Crippen LogP contribution in [0.3, 0.4) is 0 Å². The fourth-order valence-electron chi connectivity index (χ4n) is 0.828. The summed E-state index contributed by atoms with van der Waals surface area (Å²) >= 11 is 0. The zero-order valence-electron chi connectivity index (χ0n) is 9.11. The van der Waals surface area contributed by atoms with E-state index in [9.17, 15) is 8.42 Å². The summed E-state index contributed by atoms with van der Waals surface area (Å²) in [5.74, 6) is 0. The fourth-order valence-corrected chi connectivity index (χ4v) is 1.88. The first-order chi connectivity index (χ1) is 5.78. The molecule has 0 rings (SSSR count). The third-order valence-electron chi connectivity index (χ3n) is 1.89. The minimum absolute atomic E-state index is 0.334. The molecule has 13 heavy (non-hydrogen) atoms. The topological polar surface area (TPSA) is 40.6 Å². The molecule has 0 fully saturated rings. The molecule has 4 nitrogen and oxygen atoms in total. The maximum absolute atomic E-state index is 11.6. The number of hydrogen-bond acceptors (Lipinski definition) is 3. The lowest BCUT2D eigenvalue weighted by atomic mass is 10.6. The van der Waals surface area contributed by atoms with Gasteiger partial charge in [-0.1, -0.05) is 0 Å². The van der Waals surface area contributed by atoms with Crippen LogP contribution in [0.1, 0.15) is 13.8 Å². The summed E-state index contributed by atoms with van der Waals surface area (Å²) in [6, 6.07) is 0. The molecule has 0 saturated carbocycles. The van der Waals surface area contributed by atoms with Crippen LogP contribution in [0.5, 0.6) is 0 Å². The van der Waals surface area contributed by atoms with E-state index in [-0.39, 0.29) is 5.25 Å². The van der Waals surface area contributed by atoms with Crippen molar-refractivity contribution in [2.24, 2.45) is 0 Å². The van der Waals surface area contributed by atoms with E-state index in [0.29, 0.717) is 6.54 Å². The summed E-state index contributed by atoms with van der Waals surface area (Å²) in [5.41, 5.74) is 0. The van der Waals surface area contributed by atoms with Crippen LogP contribution >= 0.6 is 0 Å². The van der Waals surface area contributed by atoms with E-state index in [1.54, 1.807) is 20.9 Å². The third-order valence-corrected chi connectivity index (χ3v) is 4.14. The Morgan fingerprint density at radius 2 is 1.54 bits per heavy atom. The molecular formula is C8H20N2O2S. The van der Waals surface area contributed by atoms with Crippen molar-refractivity contribution in [2.75, 3.05) is 34.2 Å². The van der Waals surface area contributed by atoms with Crippen LogP contribution in [-0.2, 0) is 10.0 Å². The van der Waals surface area contributed by atoms with Crippen molar-refractivity contribution in [2.45, 2.75) is 19.1 Å². The van der Waals surface area contributed by atoms with Crippen molar-refractivity contribution >= 4 is 10.0 Å². The second-order valence-corrected chi connectivity index (χ2v) is 6.31. The zero-order chi connectivity index (χ0) is 10.6. The van der Waals surface area contributed by atoms with Crippen molar-refractivity contribution in [3.8, 4) is 0 Å². The van der Waals surface area contributed by atoms with Gasteiger partial charge in [-0.2, -0.15) is 0 Å². The summed E-state index contributed by atoms with van der Waals surface area (Å²) in [5, 5.41) is -0.334. The molecule has 0 unspecified atom stereocenters. The maximum Gasteiger partial charge on any atom is 0.216 e. The van der Waals surface area contributed by atoms with Gasteiger partial charge in [-0.3, -0.25) is 0 Å². The van der Waals surface area contributed by atoms with Gasteiger partial charge in [0.2, 0.25) is 10.0 Å². The third kappa shape index (κ3) is 4.06. The molecule has 0 radical (unpaired) electrons. The van der Waals surface area contributed by atoms with Gasteiger partial charge in [0.15, 0.2) is 0 Å². The number of sulfonamides is 1. The summed E-state index contributed by atoms with van der Waals surface area (Å²) in [7, 11) is 2.41. The number of rotatable bonds is 5. The predicted molar refractivity (Wildman–Crippen MR) is 55.2 cm³/mol. The first-order valence-electron chi connectivity index (χ1n) is 4.38. The van der Waals surface area contributed by atoms with E-state index in [4.69, 9.17) is 0 Å². The fraction of sp³-hybridized carbons (Fsp3) is 1.00. The lowest BCUT2D eigenvalue weighted by Crippen LogP contribution is -2.37. The van der Waals surface area contributed by atoms with E-state index in [2.05, 4.69) is 0 Å². The van der Waals surface area contributed by atoms with Crippen LogP contribution in [0.2, 0.25) is 0 Å². The van der Waals surface area contributed by atoms with Crippen LogP contribution < -0.4 is 0 Å². The van der Waals surface area contributed by atoms with E-state index in [0.717, 1.165) is 6.54 Å². The molecule has 5 heteroatoms. The second-order valence-electron chi connectivity index (χ2n) is 3.72. The molecule has 0 heterocycles. The average molecular weight is 208 g/mol.